The molecule has 0 fully saturated rings. The standard InChI is InChI=1S/C9H9F3O2/c1-13-7-2-4-8(5-3-7)14-6-9(10,11)12/h2-5H,6H2,1H3. The average Bonchev–Trinajstić information content (AvgIpc) is 2.14. The summed E-state index contributed by atoms with van der Waals surface area (Å²) in [5.74, 6) is 0.743. The van der Waals surface area contributed by atoms with E-state index in [4.69, 9.17) is 4.74 Å². The van der Waals surface area contributed by atoms with Gasteiger partial charge in [-0.05, 0) is 24.3 Å². The summed E-state index contributed by atoms with van der Waals surface area (Å²) < 4.78 is 44.5. The summed E-state index contributed by atoms with van der Waals surface area (Å²) in [6.45, 7) is -1.28. The molecule has 78 valence electrons. The first-order valence-electron chi connectivity index (χ1n) is 3.85. The van der Waals surface area contributed by atoms with Gasteiger partial charge in [0.05, 0.1) is 7.11 Å². The molecule has 0 heterocycles. The molecule has 2 nitrogen and oxygen atoms in total. The molecular formula is C9H9F3O2. The second kappa shape index (κ2) is 4.21. The van der Waals surface area contributed by atoms with Crippen LogP contribution in [0, 0.1) is 0 Å². The summed E-state index contributed by atoms with van der Waals surface area (Å²) >= 11 is 0. The van der Waals surface area contributed by atoms with Crippen LogP contribution in [0.3, 0.4) is 0 Å². The zero-order chi connectivity index (χ0) is 10.6. The van der Waals surface area contributed by atoms with Gasteiger partial charge in [-0.1, -0.05) is 0 Å². The maximum Gasteiger partial charge on any atom is 0.422 e. The molecule has 0 bridgehead atoms. The number of hydrogen-bond donors (Lipinski definition) is 0. The van der Waals surface area contributed by atoms with Gasteiger partial charge in [-0.2, -0.15) is 13.2 Å². The van der Waals surface area contributed by atoms with Crippen molar-refractivity contribution >= 4 is 0 Å². The molecule has 0 N–H and O–H groups in total. The molecule has 1 rings (SSSR count). The summed E-state index contributed by atoms with van der Waals surface area (Å²) in [6.07, 6.45) is -4.31. The summed E-state index contributed by atoms with van der Waals surface area (Å²) in [4.78, 5) is 0. The third-order valence-electron chi connectivity index (χ3n) is 1.46. The van der Waals surface area contributed by atoms with Crippen LogP contribution in [-0.2, 0) is 0 Å². The zero-order valence-electron chi connectivity index (χ0n) is 7.47. The third-order valence-corrected chi connectivity index (χ3v) is 1.46. The van der Waals surface area contributed by atoms with Gasteiger partial charge in [-0.3, -0.25) is 0 Å². The van der Waals surface area contributed by atoms with E-state index in [-0.39, 0.29) is 5.75 Å². The van der Waals surface area contributed by atoms with Crippen molar-refractivity contribution in [2.45, 2.75) is 6.18 Å². The SMILES string of the molecule is COc1ccc(OCC(F)(F)F)cc1. The Morgan fingerprint density at radius 1 is 1.07 bits per heavy atom. The Balaban J connectivity index is 2.52. The molecule has 0 aromatic heterocycles. The lowest BCUT2D eigenvalue weighted by Crippen LogP contribution is -2.19. The maximum absolute atomic E-state index is 11.7. The van der Waals surface area contributed by atoms with Gasteiger partial charge in [0.1, 0.15) is 11.5 Å². The van der Waals surface area contributed by atoms with Crippen LogP contribution in [0.25, 0.3) is 0 Å². The van der Waals surface area contributed by atoms with Gasteiger partial charge in [0.25, 0.3) is 0 Å². The highest BCUT2D eigenvalue weighted by Crippen LogP contribution is 2.20. The number of hydrogen-bond acceptors (Lipinski definition) is 2. The predicted octanol–water partition coefficient (Wildman–Crippen LogP) is 2.64. The van der Waals surface area contributed by atoms with E-state index in [9.17, 15) is 13.2 Å². The minimum atomic E-state index is -4.31. The van der Waals surface area contributed by atoms with Crippen molar-refractivity contribution in [3.05, 3.63) is 24.3 Å². The molecule has 0 saturated carbocycles. The molecule has 14 heavy (non-hydrogen) atoms. The Hall–Kier alpha value is -1.39. The second-order valence-corrected chi connectivity index (χ2v) is 2.58. The first kappa shape index (κ1) is 10.7. The lowest BCUT2D eigenvalue weighted by atomic mass is 10.3. The van der Waals surface area contributed by atoms with Gasteiger partial charge in [0.2, 0.25) is 0 Å². The van der Waals surface area contributed by atoms with Crippen LogP contribution in [0.4, 0.5) is 13.2 Å². The molecule has 0 amide bonds. The van der Waals surface area contributed by atoms with Crippen molar-refractivity contribution in [2.75, 3.05) is 13.7 Å². The fraction of sp³-hybridized carbons (Fsp3) is 0.333. The van der Waals surface area contributed by atoms with Crippen LogP contribution in [-0.4, -0.2) is 19.9 Å². The van der Waals surface area contributed by atoms with Crippen LogP contribution >= 0.6 is 0 Å². The Morgan fingerprint density at radius 2 is 1.57 bits per heavy atom. The van der Waals surface area contributed by atoms with Gasteiger partial charge in [0, 0.05) is 0 Å². The highest BCUT2D eigenvalue weighted by molar-refractivity contribution is 5.31. The Kier molecular flexibility index (Phi) is 3.22. The summed E-state index contributed by atoms with van der Waals surface area (Å²) in [6, 6.07) is 5.91. The predicted molar refractivity (Wildman–Crippen MR) is 44.5 cm³/mol. The van der Waals surface area contributed by atoms with Gasteiger partial charge in [0.15, 0.2) is 6.61 Å². The molecule has 0 saturated heterocycles. The van der Waals surface area contributed by atoms with E-state index in [1.165, 1.54) is 31.4 Å². The molecule has 1 aromatic carbocycles. The van der Waals surface area contributed by atoms with Crippen LogP contribution in [0.5, 0.6) is 11.5 Å². The van der Waals surface area contributed by atoms with Gasteiger partial charge < -0.3 is 9.47 Å². The summed E-state index contributed by atoms with van der Waals surface area (Å²) in [7, 11) is 1.48. The average molecular weight is 206 g/mol. The van der Waals surface area contributed by atoms with E-state index in [1.54, 1.807) is 0 Å². The molecule has 0 aliphatic rings. The molecule has 5 heteroatoms. The number of alkyl halides is 3. The molecule has 0 radical (unpaired) electrons. The van der Waals surface area contributed by atoms with Crippen molar-refractivity contribution in [1.82, 2.24) is 0 Å². The van der Waals surface area contributed by atoms with E-state index in [2.05, 4.69) is 4.74 Å². The van der Waals surface area contributed by atoms with Gasteiger partial charge in [-0.25, -0.2) is 0 Å². The third kappa shape index (κ3) is 3.55. The van der Waals surface area contributed by atoms with Crippen molar-refractivity contribution in [2.24, 2.45) is 0 Å². The van der Waals surface area contributed by atoms with E-state index >= 15 is 0 Å². The minimum absolute atomic E-state index is 0.170. The Bertz CT molecular complexity index is 279. The van der Waals surface area contributed by atoms with Crippen molar-refractivity contribution < 1.29 is 22.6 Å². The fourth-order valence-corrected chi connectivity index (χ4v) is 0.837. The Labute approximate surface area is 79.2 Å². The van der Waals surface area contributed by atoms with Gasteiger partial charge in [-0.15, -0.1) is 0 Å². The normalized spacial score (nSPS) is 11.1. The monoisotopic (exact) mass is 206 g/mol. The fourth-order valence-electron chi connectivity index (χ4n) is 0.837. The molecule has 0 aliphatic heterocycles. The van der Waals surface area contributed by atoms with E-state index < -0.39 is 12.8 Å². The highest BCUT2D eigenvalue weighted by atomic mass is 19.4. The zero-order valence-corrected chi connectivity index (χ0v) is 7.47. The number of benzene rings is 1. The minimum Gasteiger partial charge on any atom is -0.497 e. The molecular weight excluding hydrogens is 197 g/mol. The molecule has 0 atom stereocenters. The number of rotatable bonds is 3. The molecule has 1 aromatic rings. The number of halogens is 3. The topological polar surface area (TPSA) is 18.5 Å². The van der Waals surface area contributed by atoms with E-state index in [0.717, 1.165) is 0 Å². The van der Waals surface area contributed by atoms with Crippen LogP contribution in [0.15, 0.2) is 24.3 Å². The van der Waals surface area contributed by atoms with Crippen molar-refractivity contribution in [3.63, 3.8) is 0 Å². The smallest absolute Gasteiger partial charge is 0.422 e. The lowest BCUT2D eigenvalue weighted by molar-refractivity contribution is -0.153. The lowest BCUT2D eigenvalue weighted by Gasteiger charge is -2.09. The van der Waals surface area contributed by atoms with Crippen molar-refractivity contribution in [3.8, 4) is 11.5 Å². The van der Waals surface area contributed by atoms with Gasteiger partial charge >= 0.3 is 6.18 Å². The van der Waals surface area contributed by atoms with Crippen molar-refractivity contribution in [1.29, 1.82) is 0 Å². The molecule has 0 unspecified atom stereocenters. The van der Waals surface area contributed by atoms with E-state index in [0.29, 0.717) is 5.75 Å². The van der Waals surface area contributed by atoms with E-state index in [1.807, 2.05) is 0 Å². The first-order valence-corrected chi connectivity index (χ1v) is 3.85. The maximum atomic E-state index is 11.7. The summed E-state index contributed by atoms with van der Waals surface area (Å²) in [5, 5.41) is 0. The summed E-state index contributed by atoms with van der Waals surface area (Å²) in [5.41, 5.74) is 0. The van der Waals surface area contributed by atoms with Crippen LogP contribution in [0.2, 0.25) is 0 Å². The van der Waals surface area contributed by atoms with Crippen LogP contribution < -0.4 is 9.47 Å². The molecule has 0 spiro atoms. The van der Waals surface area contributed by atoms with Crippen LogP contribution in [0.1, 0.15) is 0 Å². The Morgan fingerprint density at radius 3 is 2.00 bits per heavy atom. The highest BCUT2D eigenvalue weighted by Gasteiger charge is 2.28. The quantitative estimate of drug-likeness (QED) is 0.756. The number of ether oxygens (including phenoxy) is 2. The first-order chi connectivity index (χ1) is 6.51. The largest absolute Gasteiger partial charge is 0.497 e. The second-order valence-electron chi connectivity index (χ2n) is 2.58. The number of methoxy groups -OCH3 is 1. The molecule has 0 aliphatic carbocycles.